The van der Waals surface area contributed by atoms with Crippen LogP contribution in [0.15, 0.2) is 30.3 Å². The van der Waals surface area contributed by atoms with Crippen LogP contribution < -0.4 is 0 Å². The summed E-state index contributed by atoms with van der Waals surface area (Å²) in [6.45, 7) is 0.580. The summed E-state index contributed by atoms with van der Waals surface area (Å²) in [5, 5.41) is 0. The van der Waals surface area contributed by atoms with E-state index in [0.29, 0.717) is 13.0 Å². The maximum atomic E-state index is 11.2. The van der Waals surface area contributed by atoms with Gasteiger partial charge in [-0.3, -0.25) is 4.79 Å². The molecule has 0 bridgehead atoms. The van der Waals surface area contributed by atoms with Crippen LogP contribution in [0, 0.1) is 0 Å². The molecule has 1 heterocycles. The summed E-state index contributed by atoms with van der Waals surface area (Å²) in [7, 11) is 0. The zero-order valence-corrected chi connectivity index (χ0v) is 12.3. The number of halogens is 1. The molecule has 0 aliphatic carbocycles. The van der Waals surface area contributed by atoms with Crippen LogP contribution in [-0.2, 0) is 20.9 Å². The lowest BCUT2D eigenvalue weighted by atomic mass is 10.1. The fourth-order valence-corrected chi connectivity index (χ4v) is 2.68. The van der Waals surface area contributed by atoms with E-state index >= 15 is 0 Å². The Morgan fingerprint density at radius 1 is 1.39 bits per heavy atom. The van der Waals surface area contributed by atoms with Gasteiger partial charge in [0.15, 0.2) is 0 Å². The number of cyclic esters (lactones) is 1. The third-order valence-electron chi connectivity index (χ3n) is 3.03. The number of carbonyl (C=O) groups is 1. The third-order valence-corrected chi connectivity index (χ3v) is 3.65. The van der Waals surface area contributed by atoms with Gasteiger partial charge in [0.1, 0.15) is 6.10 Å². The predicted molar refractivity (Wildman–Crippen MR) is 77.6 cm³/mol. The molecule has 0 radical (unpaired) electrons. The van der Waals surface area contributed by atoms with E-state index in [1.54, 1.807) is 0 Å². The molecule has 1 aliphatic rings. The monoisotopic (exact) mass is 360 g/mol. The molecule has 0 amide bonds. The Labute approximate surface area is 121 Å². The molecular formula is C14H17IO3. The number of alkyl halides is 1. The molecule has 0 aromatic heterocycles. The zero-order chi connectivity index (χ0) is 12.8. The number of carbonyl (C=O) groups excluding carboxylic acids is 1. The Bertz CT molecular complexity index is 380. The lowest BCUT2D eigenvalue weighted by molar-refractivity contribution is -0.147. The molecule has 3 nitrogen and oxygen atoms in total. The van der Waals surface area contributed by atoms with Crippen LogP contribution in [0.1, 0.15) is 24.8 Å². The van der Waals surface area contributed by atoms with Gasteiger partial charge in [-0.15, -0.1) is 0 Å². The van der Waals surface area contributed by atoms with Crippen LogP contribution in [0.5, 0.6) is 0 Å². The Kier molecular flexibility index (Phi) is 5.44. The molecule has 4 heteroatoms. The Morgan fingerprint density at radius 2 is 2.17 bits per heavy atom. The van der Waals surface area contributed by atoms with Crippen molar-refractivity contribution in [3.05, 3.63) is 35.9 Å². The molecule has 0 spiro atoms. The first-order valence-electron chi connectivity index (χ1n) is 6.20. The van der Waals surface area contributed by atoms with Gasteiger partial charge in [0.05, 0.1) is 12.7 Å². The van der Waals surface area contributed by atoms with Gasteiger partial charge in [0, 0.05) is 10.8 Å². The largest absolute Gasteiger partial charge is 0.460 e. The quantitative estimate of drug-likeness (QED) is 0.444. The number of rotatable bonds is 6. The Morgan fingerprint density at radius 3 is 2.78 bits per heavy atom. The van der Waals surface area contributed by atoms with Crippen LogP contribution in [0.25, 0.3) is 0 Å². The van der Waals surface area contributed by atoms with Crippen molar-refractivity contribution in [2.45, 2.75) is 38.1 Å². The van der Waals surface area contributed by atoms with E-state index in [4.69, 9.17) is 9.47 Å². The van der Waals surface area contributed by atoms with Crippen LogP contribution >= 0.6 is 22.6 Å². The summed E-state index contributed by atoms with van der Waals surface area (Å²) >= 11 is 2.33. The first kappa shape index (κ1) is 13.8. The molecule has 18 heavy (non-hydrogen) atoms. The second-order valence-corrected chi connectivity index (χ2v) is 5.46. The van der Waals surface area contributed by atoms with E-state index in [9.17, 15) is 4.79 Å². The molecule has 1 saturated heterocycles. The van der Waals surface area contributed by atoms with E-state index in [2.05, 4.69) is 22.6 Å². The van der Waals surface area contributed by atoms with E-state index in [0.717, 1.165) is 22.8 Å². The lowest BCUT2D eigenvalue weighted by Gasteiger charge is -2.22. The molecule has 1 aliphatic heterocycles. The highest BCUT2D eigenvalue weighted by atomic mass is 127. The van der Waals surface area contributed by atoms with E-state index in [1.165, 1.54) is 0 Å². The third kappa shape index (κ3) is 3.95. The minimum absolute atomic E-state index is 0.0218. The molecule has 0 unspecified atom stereocenters. The average molecular weight is 360 g/mol. The van der Waals surface area contributed by atoms with E-state index < -0.39 is 0 Å². The van der Waals surface area contributed by atoms with Crippen molar-refractivity contribution in [3.8, 4) is 0 Å². The topological polar surface area (TPSA) is 35.5 Å². The molecule has 1 fully saturated rings. The van der Waals surface area contributed by atoms with Gasteiger partial charge in [-0.2, -0.15) is 0 Å². The summed E-state index contributed by atoms with van der Waals surface area (Å²) in [6.07, 6.45) is 2.20. The second kappa shape index (κ2) is 7.09. The average Bonchev–Trinajstić information content (AvgIpc) is 2.82. The molecule has 98 valence electrons. The van der Waals surface area contributed by atoms with Crippen molar-refractivity contribution in [2.75, 3.05) is 4.43 Å². The van der Waals surface area contributed by atoms with E-state index in [1.807, 2.05) is 30.3 Å². The zero-order valence-electron chi connectivity index (χ0n) is 10.2. The van der Waals surface area contributed by atoms with Gasteiger partial charge in [-0.25, -0.2) is 0 Å². The van der Waals surface area contributed by atoms with Crippen LogP contribution in [0.2, 0.25) is 0 Å². The van der Waals surface area contributed by atoms with Gasteiger partial charge in [0.2, 0.25) is 0 Å². The SMILES string of the molecule is O=C1CC[C@H]([C@@H](CCI)OCc2ccccc2)O1. The highest BCUT2D eigenvalue weighted by molar-refractivity contribution is 14.1. The fourth-order valence-electron chi connectivity index (χ4n) is 2.07. The van der Waals surface area contributed by atoms with Crippen molar-refractivity contribution >= 4 is 28.6 Å². The fraction of sp³-hybridized carbons (Fsp3) is 0.500. The number of hydrogen-bond donors (Lipinski definition) is 0. The summed E-state index contributed by atoms with van der Waals surface area (Å²) < 4.78 is 12.2. The number of benzene rings is 1. The normalized spacial score (nSPS) is 20.7. The van der Waals surface area contributed by atoms with Crippen molar-refractivity contribution in [1.29, 1.82) is 0 Å². The predicted octanol–water partition coefficient (Wildman–Crippen LogP) is 3.10. The maximum Gasteiger partial charge on any atom is 0.306 e. The summed E-state index contributed by atoms with van der Waals surface area (Å²) in [6, 6.07) is 10.1. The van der Waals surface area contributed by atoms with Crippen molar-refractivity contribution in [1.82, 2.24) is 0 Å². The van der Waals surface area contributed by atoms with Gasteiger partial charge in [-0.1, -0.05) is 52.9 Å². The maximum absolute atomic E-state index is 11.2. The molecule has 0 saturated carbocycles. The second-order valence-electron chi connectivity index (χ2n) is 4.38. The van der Waals surface area contributed by atoms with Gasteiger partial charge < -0.3 is 9.47 Å². The van der Waals surface area contributed by atoms with Crippen molar-refractivity contribution in [3.63, 3.8) is 0 Å². The molecule has 0 N–H and O–H groups in total. The van der Waals surface area contributed by atoms with E-state index in [-0.39, 0.29) is 18.2 Å². The van der Waals surface area contributed by atoms with Crippen LogP contribution in [0.3, 0.4) is 0 Å². The first-order valence-corrected chi connectivity index (χ1v) is 7.73. The molecule has 1 aromatic rings. The summed E-state index contributed by atoms with van der Waals surface area (Å²) in [4.78, 5) is 11.2. The van der Waals surface area contributed by atoms with Gasteiger partial charge >= 0.3 is 5.97 Å². The Balaban J connectivity index is 1.88. The highest BCUT2D eigenvalue weighted by Gasteiger charge is 2.31. The number of ether oxygens (including phenoxy) is 2. The van der Waals surface area contributed by atoms with Crippen molar-refractivity contribution in [2.24, 2.45) is 0 Å². The smallest absolute Gasteiger partial charge is 0.306 e. The summed E-state index contributed by atoms with van der Waals surface area (Å²) in [5.41, 5.74) is 1.15. The van der Waals surface area contributed by atoms with Crippen LogP contribution in [0.4, 0.5) is 0 Å². The van der Waals surface area contributed by atoms with Crippen molar-refractivity contribution < 1.29 is 14.3 Å². The van der Waals surface area contributed by atoms with Gasteiger partial charge in [0.25, 0.3) is 0 Å². The molecular weight excluding hydrogens is 343 g/mol. The minimum atomic E-state index is -0.0956. The van der Waals surface area contributed by atoms with Crippen LogP contribution in [-0.4, -0.2) is 22.6 Å². The molecule has 2 atom stereocenters. The lowest BCUT2D eigenvalue weighted by Crippen LogP contribution is -2.29. The molecule has 2 rings (SSSR count). The molecule has 1 aromatic carbocycles. The number of esters is 1. The highest BCUT2D eigenvalue weighted by Crippen LogP contribution is 2.22. The summed E-state index contributed by atoms with van der Waals surface area (Å²) in [5.74, 6) is -0.0956. The minimum Gasteiger partial charge on any atom is -0.460 e. The van der Waals surface area contributed by atoms with Gasteiger partial charge in [-0.05, 0) is 18.4 Å². The first-order chi connectivity index (χ1) is 8.79. The standard InChI is InChI=1S/C14H17IO3/c15-9-8-12(13-6-7-14(16)18-13)17-10-11-4-2-1-3-5-11/h1-5,12-13H,6-10H2/t12-,13-/m1/s1. The Hall–Kier alpha value is -0.620. The number of hydrogen-bond acceptors (Lipinski definition) is 3.